The van der Waals surface area contributed by atoms with E-state index >= 15 is 0 Å². The molecule has 64 heavy (non-hydrogen) atoms. The van der Waals surface area contributed by atoms with Gasteiger partial charge in [-0.1, -0.05) is 201 Å². The van der Waals surface area contributed by atoms with Crippen LogP contribution in [0.2, 0.25) is 0 Å². The third kappa shape index (κ3) is 7.74. The van der Waals surface area contributed by atoms with Crippen molar-refractivity contribution in [2.45, 2.75) is 26.2 Å². The van der Waals surface area contributed by atoms with Gasteiger partial charge in [-0.25, -0.2) is 4.99 Å². The SMILES string of the molecule is CC1(C)c2ccccc2-c2ccc(-c3cccc(C(=N)N=C(N)c4ccc(-c5cccc6sc7ccc(-c8ccc(-c9ccccc9)cc8)cc7c56)cc4)c3)cc21.Cc1ccccc1. The molecule has 9 aromatic carbocycles. The summed E-state index contributed by atoms with van der Waals surface area (Å²) in [7, 11) is 0. The molecule has 3 nitrogen and oxygen atoms in total. The molecule has 1 aliphatic carbocycles. The molecule has 0 atom stereocenters. The third-order valence-corrected chi connectivity index (χ3v) is 13.7. The van der Waals surface area contributed by atoms with Crippen molar-refractivity contribution in [2.24, 2.45) is 10.7 Å². The maximum absolute atomic E-state index is 8.93. The number of nitrogens with two attached hydrogens (primary N) is 1. The van der Waals surface area contributed by atoms with Crippen molar-refractivity contribution in [1.82, 2.24) is 0 Å². The zero-order valence-electron chi connectivity index (χ0n) is 36.1. The molecule has 1 aromatic heterocycles. The van der Waals surface area contributed by atoms with Gasteiger partial charge in [0.2, 0.25) is 0 Å². The number of nitrogens with zero attached hydrogens (tertiary/aromatic N) is 1. The van der Waals surface area contributed by atoms with Gasteiger partial charge in [0.05, 0.1) is 0 Å². The molecular weight excluding hydrogens is 795 g/mol. The summed E-state index contributed by atoms with van der Waals surface area (Å²) < 4.78 is 2.52. The van der Waals surface area contributed by atoms with Crippen molar-refractivity contribution >= 4 is 43.2 Å². The van der Waals surface area contributed by atoms with E-state index in [2.05, 4.69) is 190 Å². The predicted molar refractivity (Wildman–Crippen MR) is 274 cm³/mol. The third-order valence-electron chi connectivity index (χ3n) is 12.5. The second-order valence-corrected chi connectivity index (χ2v) is 18.1. The molecule has 0 saturated heterocycles. The quantitative estimate of drug-likeness (QED) is 0.127. The molecule has 10 aromatic rings. The zero-order valence-corrected chi connectivity index (χ0v) is 37.0. The Balaban J connectivity index is 0.000000634. The molecule has 0 spiro atoms. The molecule has 1 aliphatic rings. The molecule has 4 heteroatoms. The van der Waals surface area contributed by atoms with Crippen LogP contribution < -0.4 is 5.73 Å². The fourth-order valence-corrected chi connectivity index (χ4v) is 10.2. The highest BCUT2D eigenvalue weighted by Gasteiger charge is 2.35. The fourth-order valence-electron chi connectivity index (χ4n) is 9.07. The number of fused-ring (bicyclic) bond motifs is 6. The monoisotopic (exact) mass is 841 g/mol. The van der Waals surface area contributed by atoms with Gasteiger partial charge in [-0.15, -0.1) is 11.3 Å². The Morgan fingerprint density at radius 3 is 1.73 bits per heavy atom. The Labute approximate surface area is 379 Å². The number of hydrogen-bond acceptors (Lipinski definition) is 2. The predicted octanol–water partition coefficient (Wildman–Crippen LogP) is 15.8. The maximum atomic E-state index is 8.93. The minimum absolute atomic E-state index is 0.0787. The average molecular weight is 842 g/mol. The van der Waals surface area contributed by atoms with Gasteiger partial charge in [0.25, 0.3) is 0 Å². The lowest BCUT2D eigenvalue weighted by Gasteiger charge is -2.22. The first-order valence-corrected chi connectivity index (χ1v) is 22.5. The van der Waals surface area contributed by atoms with E-state index in [0.29, 0.717) is 5.84 Å². The number of hydrogen-bond donors (Lipinski definition) is 2. The Kier molecular flexibility index (Phi) is 10.7. The summed E-state index contributed by atoms with van der Waals surface area (Å²) in [6.45, 7) is 6.68. The summed E-state index contributed by atoms with van der Waals surface area (Å²) >= 11 is 1.83. The van der Waals surface area contributed by atoms with Gasteiger partial charge in [0.1, 0.15) is 5.84 Å². The second kappa shape index (κ2) is 16.9. The molecule has 0 bridgehead atoms. The van der Waals surface area contributed by atoms with Crippen LogP contribution in [0.3, 0.4) is 0 Å². The fraction of sp³-hybridized carbons (Fsp3) is 0.0667. The van der Waals surface area contributed by atoms with Crippen LogP contribution in [0.25, 0.3) is 75.8 Å². The Morgan fingerprint density at radius 1 is 0.453 bits per heavy atom. The van der Waals surface area contributed by atoms with Gasteiger partial charge in [0.15, 0.2) is 5.84 Å². The number of aryl methyl sites for hydroxylation is 1. The van der Waals surface area contributed by atoms with Crippen LogP contribution in [0, 0.1) is 12.3 Å². The first-order valence-electron chi connectivity index (χ1n) is 21.7. The number of thiophene rings is 1. The van der Waals surface area contributed by atoms with Gasteiger partial charge in [-0.2, -0.15) is 0 Å². The smallest absolute Gasteiger partial charge is 0.154 e. The van der Waals surface area contributed by atoms with Gasteiger partial charge >= 0.3 is 0 Å². The normalized spacial score (nSPS) is 12.6. The standard InChI is InChI=1S/C53H39N3S.C7H8/c1-53(2)46-16-7-6-14-43(46)44-28-26-40(32-47(44)53)38-12-8-13-41(30-38)52(55)56-51(54)37-24-22-36(23-25-37)42-15-9-17-49-50(42)45-31-39(27-29-48(45)57-49)35-20-18-34(19-21-35)33-10-4-3-5-11-33;1-7-5-3-2-4-6-7/h3-32H,1-2H3,(H3,54,55,56);2-6H,1H3. The summed E-state index contributed by atoms with van der Waals surface area (Å²) in [6.07, 6.45) is 0. The Bertz CT molecular complexity index is 3360. The molecule has 1 heterocycles. The van der Waals surface area contributed by atoms with Gasteiger partial charge in [0, 0.05) is 36.7 Å². The molecule has 0 fully saturated rings. The number of amidine groups is 2. The molecule has 11 rings (SSSR count). The minimum atomic E-state index is -0.0787. The van der Waals surface area contributed by atoms with Gasteiger partial charge in [-0.05, 0) is 104 Å². The molecule has 0 unspecified atom stereocenters. The number of aliphatic imine (C=N–C) groups is 1. The van der Waals surface area contributed by atoms with Crippen molar-refractivity contribution < 1.29 is 0 Å². The Hall–Kier alpha value is -7.66. The van der Waals surface area contributed by atoms with E-state index in [0.717, 1.165) is 27.8 Å². The van der Waals surface area contributed by atoms with Crippen LogP contribution in [0.4, 0.5) is 0 Å². The lowest BCUT2D eigenvalue weighted by atomic mass is 9.81. The summed E-state index contributed by atoms with van der Waals surface area (Å²) in [4.78, 5) is 4.59. The summed E-state index contributed by atoms with van der Waals surface area (Å²) in [5.74, 6) is 0.448. The topological polar surface area (TPSA) is 62.2 Å². The van der Waals surface area contributed by atoms with Crippen molar-refractivity contribution in [2.75, 3.05) is 0 Å². The van der Waals surface area contributed by atoms with E-state index in [1.165, 1.54) is 75.8 Å². The number of rotatable bonds is 6. The summed E-state index contributed by atoms with van der Waals surface area (Å²) in [5, 5.41) is 11.4. The van der Waals surface area contributed by atoms with Crippen molar-refractivity contribution in [3.05, 3.63) is 240 Å². The van der Waals surface area contributed by atoms with E-state index in [9.17, 15) is 0 Å². The molecule has 0 aliphatic heterocycles. The van der Waals surface area contributed by atoms with E-state index in [4.69, 9.17) is 11.1 Å². The van der Waals surface area contributed by atoms with E-state index < -0.39 is 0 Å². The molecule has 0 radical (unpaired) electrons. The zero-order chi connectivity index (χ0) is 43.8. The minimum Gasteiger partial charge on any atom is -0.383 e. The van der Waals surface area contributed by atoms with Crippen LogP contribution in [0.15, 0.2) is 217 Å². The molecular formula is C60H47N3S. The van der Waals surface area contributed by atoms with Crippen LogP contribution in [-0.4, -0.2) is 11.7 Å². The molecule has 308 valence electrons. The van der Waals surface area contributed by atoms with E-state index in [-0.39, 0.29) is 11.3 Å². The van der Waals surface area contributed by atoms with Crippen LogP contribution in [0.1, 0.15) is 41.7 Å². The van der Waals surface area contributed by atoms with Crippen LogP contribution >= 0.6 is 11.3 Å². The second-order valence-electron chi connectivity index (χ2n) is 17.0. The molecule has 0 amide bonds. The highest BCUT2D eigenvalue weighted by atomic mass is 32.1. The van der Waals surface area contributed by atoms with Crippen molar-refractivity contribution in [3.63, 3.8) is 0 Å². The van der Waals surface area contributed by atoms with Gasteiger partial charge in [-0.3, -0.25) is 5.41 Å². The molecule has 3 N–H and O–H groups in total. The lowest BCUT2D eigenvalue weighted by molar-refractivity contribution is 0.660. The lowest BCUT2D eigenvalue weighted by Crippen LogP contribution is -2.16. The van der Waals surface area contributed by atoms with E-state index in [1.54, 1.807) is 0 Å². The van der Waals surface area contributed by atoms with Crippen LogP contribution in [-0.2, 0) is 5.41 Å². The largest absolute Gasteiger partial charge is 0.383 e. The van der Waals surface area contributed by atoms with Crippen molar-refractivity contribution in [3.8, 4) is 55.6 Å². The van der Waals surface area contributed by atoms with Gasteiger partial charge < -0.3 is 5.73 Å². The summed E-state index contributed by atoms with van der Waals surface area (Å²) in [5.41, 5.74) is 23.9. The Morgan fingerprint density at radius 2 is 1.00 bits per heavy atom. The van der Waals surface area contributed by atoms with E-state index in [1.807, 2.05) is 59.9 Å². The number of benzene rings is 9. The average Bonchev–Trinajstić information content (AvgIpc) is 3.83. The number of nitrogens with one attached hydrogen (secondary N) is 1. The highest BCUT2D eigenvalue weighted by Crippen LogP contribution is 2.49. The van der Waals surface area contributed by atoms with Crippen molar-refractivity contribution in [1.29, 1.82) is 5.41 Å². The van der Waals surface area contributed by atoms with Crippen LogP contribution in [0.5, 0.6) is 0 Å². The first-order chi connectivity index (χ1) is 31.2. The first kappa shape index (κ1) is 40.4. The highest BCUT2D eigenvalue weighted by molar-refractivity contribution is 7.26. The molecule has 0 saturated carbocycles. The maximum Gasteiger partial charge on any atom is 0.154 e. The summed E-state index contributed by atoms with van der Waals surface area (Å²) in [6, 6.07) is 74.7.